The summed E-state index contributed by atoms with van der Waals surface area (Å²) >= 11 is 0. The smallest absolute Gasteiger partial charge is 0.143 e. The average Bonchev–Trinajstić information content (AvgIpc) is 2.35. The van der Waals surface area contributed by atoms with E-state index in [0.717, 1.165) is 12.1 Å². The van der Waals surface area contributed by atoms with Gasteiger partial charge >= 0.3 is 0 Å². The molecular weight excluding hydrogens is 200 g/mol. The van der Waals surface area contributed by atoms with Crippen LogP contribution < -0.4 is 10.1 Å². The number of benzene rings is 1. The summed E-state index contributed by atoms with van der Waals surface area (Å²) in [5.74, 6) is 3.28. The summed E-state index contributed by atoms with van der Waals surface area (Å²) in [4.78, 5) is 0. The van der Waals surface area contributed by atoms with E-state index in [0.29, 0.717) is 11.3 Å². The molecule has 1 unspecified atom stereocenters. The van der Waals surface area contributed by atoms with Crippen LogP contribution >= 0.6 is 0 Å². The molecule has 1 atom stereocenters. The Morgan fingerprint density at radius 2 is 2.31 bits per heavy atom. The third kappa shape index (κ3) is 2.68. The van der Waals surface area contributed by atoms with E-state index in [1.54, 1.807) is 25.3 Å². The van der Waals surface area contributed by atoms with Gasteiger partial charge in [0.1, 0.15) is 5.75 Å². The fraction of sp³-hybridized carbons (Fsp3) is 0.308. The van der Waals surface area contributed by atoms with Crippen LogP contribution in [0.1, 0.15) is 18.9 Å². The van der Waals surface area contributed by atoms with Crippen LogP contribution in [0.15, 0.2) is 18.2 Å². The number of rotatable bonds is 4. The maximum absolute atomic E-state index is 8.76. The number of hydrogen-bond acceptors (Lipinski definition) is 3. The first-order valence-corrected chi connectivity index (χ1v) is 5.06. The molecule has 0 amide bonds. The molecule has 0 aliphatic rings. The molecule has 0 spiro atoms. The molecule has 1 N–H and O–H groups in total. The highest BCUT2D eigenvalue weighted by Crippen LogP contribution is 2.26. The van der Waals surface area contributed by atoms with Crippen molar-refractivity contribution in [2.45, 2.75) is 19.4 Å². The third-order valence-electron chi connectivity index (χ3n) is 2.27. The van der Waals surface area contributed by atoms with Crippen LogP contribution in [0.4, 0.5) is 5.69 Å². The van der Waals surface area contributed by atoms with E-state index >= 15 is 0 Å². The van der Waals surface area contributed by atoms with Crippen LogP contribution in [0.3, 0.4) is 0 Å². The fourth-order valence-electron chi connectivity index (χ4n) is 1.33. The van der Waals surface area contributed by atoms with Crippen LogP contribution in [0.2, 0.25) is 0 Å². The summed E-state index contributed by atoms with van der Waals surface area (Å²) in [6, 6.07) is 7.26. The first kappa shape index (κ1) is 11.9. The van der Waals surface area contributed by atoms with Crippen molar-refractivity contribution >= 4 is 5.69 Å². The monoisotopic (exact) mass is 214 g/mol. The molecular formula is C13H14N2O. The molecule has 1 aromatic rings. The van der Waals surface area contributed by atoms with Crippen LogP contribution in [0.25, 0.3) is 0 Å². The predicted molar refractivity (Wildman–Crippen MR) is 64.2 cm³/mol. The van der Waals surface area contributed by atoms with Gasteiger partial charge in [0.15, 0.2) is 0 Å². The van der Waals surface area contributed by atoms with Gasteiger partial charge in [0.2, 0.25) is 0 Å². The number of hydrogen-bond donors (Lipinski definition) is 1. The van der Waals surface area contributed by atoms with E-state index in [1.807, 2.05) is 6.92 Å². The number of anilines is 1. The Morgan fingerprint density at radius 1 is 1.56 bits per heavy atom. The number of ether oxygens (including phenoxy) is 1. The Balaban J connectivity index is 2.97. The van der Waals surface area contributed by atoms with Crippen LogP contribution in [0.5, 0.6) is 5.75 Å². The molecule has 3 nitrogen and oxygen atoms in total. The van der Waals surface area contributed by atoms with E-state index in [-0.39, 0.29) is 6.04 Å². The molecule has 0 bridgehead atoms. The third-order valence-corrected chi connectivity index (χ3v) is 2.27. The van der Waals surface area contributed by atoms with Gasteiger partial charge in [0.05, 0.1) is 30.5 Å². The maximum Gasteiger partial charge on any atom is 0.143 e. The van der Waals surface area contributed by atoms with Crippen molar-refractivity contribution in [3.63, 3.8) is 0 Å². The zero-order valence-corrected chi connectivity index (χ0v) is 9.45. The molecule has 0 saturated carbocycles. The molecule has 0 fully saturated rings. The molecule has 16 heavy (non-hydrogen) atoms. The Bertz CT molecular complexity index is 440. The first-order chi connectivity index (χ1) is 7.74. The van der Waals surface area contributed by atoms with Gasteiger partial charge in [-0.2, -0.15) is 5.26 Å². The normalized spacial score (nSPS) is 11.0. The molecule has 0 radical (unpaired) electrons. The first-order valence-electron chi connectivity index (χ1n) is 5.06. The number of terminal acetylenes is 1. The Labute approximate surface area is 96.0 Å². The Kier molecular flexibility index (Phi) is 4.24. The lowest BCUT2D eigenvalue weighted by atomic mass is 10.1. The molecule has 0 heterocycles. The van der Waals surface area contributed by atoms with E-state index in [1.165, 1.54) is 0 Å². The highest BCUT2D eigenvalue weighted by Gasteiger charge is 2.07. The summed E-state index contributed by atoms with van der Waals surface area (Å²) in [6.45, 7) is 2.01. The number of methoxy groups -OCH3 is 1. The van der Waals surface area contributed by atoms with Gasteiger partial charge in [-0.3, -0.25) is 0 Å². The van der Waals surface area contributed by atoms with Crippen molar-refractivity contribution in [2.24, 2.45) is 0 Å². The molecule has 3 heteroatoms. The topological polar surface area (TPSA) is 45.0 Å². The Morgan fingerprint density at radius 3 is 2.81 bits per heavy atom. The lowest BCUT2D eigenvalue weighted by Gasteiger charge is -2.15. The highest BCUT2D eigenvalue weighted by molar-refractivity contribution is 5.60. The predicted octanol–water partition coefficient (Wildman–Crippen LogP) is 2.39. The van der Waals surface area contributed by atoms with Gasteiger partial charge in [-0.25, -0.2) is 0 Å². The van der Waals surface area contributed by atoms with E-state index in [2.05, 4.69) is 17.3 Å². The zero-order chi connectivity index (χ0) is 12.0. The SMILES string of the molecule is C#CC(CC)Nc1ccc(C#N)cc1OC. The summed E-state index contributed by atoms with van der Waals surface area (Å²) in [5.41, 5.74) is 1.38. The molecule has 0 aliphatic carbocycles. The molecule has 0 aliphatic heterocycles. The Hall–Kier alpha value is -2.13. The largest absolute Gasteiger partial charge is 0.495 e. The minimum Gasteiger partial charge on any atom is -0.495 e. The van der Waals surface area contributed by atoms with Gasteiger partial charge < -0.3 is 10.1 Å². The number of nitrogens with zero attached hydrogens (tertiary/aromatic N) is 1. The van der Waals surface area contributed by atoms with Gasteiger partial charge in [-0.1, -0.05) is 12.8 Å². The summed E-state index contributed by atoms with van der Waals surface area (Å²) in [6.07, 6.45) is 6.21. The lowest BCUT2D eigenvalue weighted by Crippen LogP contribution is -2.16. The number of nitrogens with one attached hydrogen (secondary N) is 1. The zero-order valence-electron chi connectivity index (χ0n) is 9.45. The van der Waals surface area contributed by atoms with Gasteiger partial charge in [-0.15, -0.1) is 6.42 Å². The maximum atomic E-state index is 8.76. The summed E-state index contributed by atoms with van der Waals surface area (Å²) in [5, 5.41) is 11.9. The molecule has 1 aromatic carbocycles. The second-order valence-corrected chi connectivity index (χ2v) is 3.30. The van der Waals surface area contributed by atoms with Crippen LogP contribution in [-0.2, 0) is 0 Å². The summed E-state index contributed by atoms with van der Waals surface area (Å²) in [7, 11) is 1.57. The van der Waals surface area contributed by atoms with E-state index in [9.17, 15) is 0 Å². The van der Waals surface area contributed by atoms with E-state index < -0.39 is 0 Å². The number of nitriles is 1. The highest BCUT2D eigenvalue weighted by atomic mass is 16.5. The van der Waals surface area contributed by atoms with Crippen molar-refractivity contribution in [2.75, 3.05) is 12.4 Å². The second-order valence-electron chi connectivity index (χ2n) is 3.30. The minimum absolute atomic E-state index is 0.0261. The minimum atomic E-state index is -0.0261. The molecule has 0 aromatic heterocycles. The lowest BCUT2D eigenvalue weighted by molar-refractivity contribution is 0.416. The molecule has 82 valence electrons. The van der Waals surface area contributed by atoms with Crippen molar-refractivity contribution in [3.8, 4) is 24.2 Å². The standard InChI is InChI=1S/C13H14N2O/c1-4-11(5-2)15-12-7-6-10(9-14)8-13(12)16-3/h1,6-8,11,15H,5H2,2-3H3. The van der Waals surface area contributed by atoms with Gasteiger partial charge in [0.25, 0.3) is 0 Å². The van der Waals surface area contributed by atoms with Crippen molar-refractivity contribution in [3.05, 3.63) is 23.8 Å². The molecule has 0 saturated heterocycles. The quantitative estimate of drug-likeness (QED) is 0.783. The van der Waals surface area contributed by atoms with Gasteiger partial charge in [0, 0.05) is 6.07 Å². The fourth-order valence-corrected chi connectivity index (χ4v) is 1.33. The van der Waals surface area contributed by atoms with Crippen LogP contribution in [0, 0.1) is 23.7 Å². The molecule has 1 rings (SSSR count). The van der Waals surface area contributed by atoms with Crippen molar-refractivity contribution in [1.82, 2.24) is 0 Å². The van der Waals surface area contributed by atoms with Crippen molar-refractivity contribution in [1.29, 1.82) is 5.26 Å². The average molecular weight is 214 g/mol. The van der Waals surface area contributed by atoms with Gasteiger partial charge in [-0.05, 0) is 18.6 Å². The van der Waals surface area contributed by atoms with Crippen molar-refractivity contribution < 1.29 is 4.74 Å². The van der Waals surface area contributed by atoms with Crippen LogP contribution in [-0.4, -0.2) is 13.2 Å². The second kappa shape index (κ2) is 5.68. The van der Waals surface area contributed by atoms with E-state index in [4.69, 9.17) is 16.4 Å². The summed E-state index contributed by atoms with van der Waals surface area (Å²) < 4.78 is 5.20.